The minimum atomic E-state index is -0.978. The summed E-state index contributed by atoms with van der Waals surface area (Å²) in [6.07, 6.45) is 4.51. The zero-order valence-corrected chi connectivity index (χ0v) is 8.89. The van der Waals surface area contributed by atoms with Crippen molar-refractivity contribution in [3.05, 3.63) is 42.4 Å². The number of hydrogen-bond acceptors (Lipinski definition) is 5. The second-order valence-corrected chi connectivity index (χ2v) is 3.90. The lowest BCUT2D eigenvalue weighted by Crippen LogP contribution is -1.99. The van der Waals surface area contributed by atoms with Crippen molar-refractivity contribution >= 4 is 17.7 Å². The van der Waals surface area contributed by atoms with Crippen molar-refractivity contribution < 1.29 is 9.90 Å². The van der Waals surface area contributed by atoms with E-state index >= 15 is 0 Å². The van der Waals surface area contributed by atoms with E-state index < -0.39 is 5.97 Å². The van der Waals surface area contributed by atoms with Crippen LogP contribution in [0.1, 0.15) is 10.4 Å². The summed E-state index contributed by atoms with van der Waals surface area (Å²) in [5, 5.41) is 17.2. The minimum Gasteiger partial charge on any atom is -0.478 e. The van der Waals surface area contributed by atoms with E-state index in [4.69, 9.17) is 5.11 Å². The van der Waals surface area contributed by atoms with Crippen LogP contribution < -0.4 is 0 Å². The first-order valence-electron chi connectivity index (χ1n) is 4.40. The third-order valence-electron chi connectivity index (χ3n) is 1.78. The van der Waals surface area contributed by atoms with Crippen LogP contribution in [0.5, 0.6) is 0 Å². The van der Waals surface area contributed by atoms with Crippen molar-refractivity contribution in [2.75, 3.05) is 0 Å². The third-order valence-corrected chi connectivity index (χ3v) is 2.75. The summed E-state index contributed by atoms with van der Waals surface area (Å²) in [6, 6.07) is 4.96. The van der Waals surface area contributed by atoms with Gasteiger partial charge in [-0.3, -0.25) is 4.98 Å². The molecule has 0 spiro atoms. The van der Waals surface area contributed by atoms with E-state index in [-0.39, 0.29) is 5.56 Å². The molecule has 0 aliphatic rings. The molecule has 0 saturated carbocycles. The first-order chi connectivity index (χ1) is 7.77. The molecule has 0 aromatic carbocycles. The van der Waals surface area contributed by atoms with Gasteiger partial charge in [-0.1, -0.05) is 11.8 Å². The number of rotatable bonds is 3. The molecule has 2 aromatic heterocycles. The predicted octanol–water partition coefficient (Wildman–Crippen LogP) is 1.72. The summed E-state index contributed by atoms with van der Waals surface area (Å²) < 4.78 is 0. The molecular formula is C10H7N3O2S. The van der Waals surface area contributed by atoms with E-state index in [1.807, 2.05) is 0 Å². The fourth-order valence-electron chi connectivity index (χ4n) is 1.09. The molecule has 2 heterocycles. The standard InChI is InChI=1S/C10H7N3O2S/c14-10(15)7-3-5-11-6-8(7)16-9-2-1-4-12-13-9/h1-6H,(H,14,15). The summed E-state index contributed by atoms with van der Waals surface area (Å²) in [6.45, 7) is 0. The van der Waals surface area contributed by atoms with Crippen molar-refractivity contribution in [3.63, 3.8) is 0 Å². The summed E-state index contributed by atoms with van der Waals surface area (Å²) in [5.41, 5.74) is 0.214. The summed E-state index contributed by atoms with van der Waals surface area (Å²) in [7, 11) is 0. The Morgan fingerprint density at radius 3 is 2.88 bits per heavy atom. The van der Waals surface area contributed by atoms with Gasteiger partial charge in [0.25, 0.3) is 0 Å². The topological polar surface area (TPSA) is 76.0 Å². The molecule has 80 valence electrons. The van der Waals surface area contributed by atoms with Crippen molar-refractivity contribution in [2.45, 2.75) is 9.92 Å². The highest BCUT2D eigenvalue weighted by atomic mass is 32.2. The molecule has 2 aromatic rings. The monoisotopic (exact) mass is 233 g/mol. The van der Waals surface area contributed by atoms with Crippen LogP contribution in [0.25, 0.3) is 0 Å². The number of pyridine rings is 1. The van der Waals surface area contributed by atoms with E-state index in [0.29, 0.717) is 9.92 Å². The van der Waals surface area contributed by atoms with Gasteiger partial charge in [0.05, 0.1) is 5.56 Å². The molecular weight excluding hydrogens is 226 g/mol. The van der Waals surface area contributed by atoms with E-state index in [0.717, 1.165) is 0 Å². The first kappa shape index (κ1) is 10.6. The molecule has 0 fully saturated rings. The van der Waals surface area contributed by atoms with Crippen LogP contribution >= 0.6 is 11.8 Å². The Labute approximate surface area is 95.6 Å². The third kappa shape index (κ3) is 2.34. The van der Waals surface area contributed by atoms with E-state index in [1.165, 1.54) is 30.2 Å². The zero-order chi connectivity index (χ0) is 11.4. The van der Waals surface area contributed by atoms with Gasteiger partial charge in [-0.2, -0.15) is 5.10 Å². The maximum Gasteiger partial charge on any atom is 0.336 e. The normalized spacial score (nSPS) is 10.0. The Hall–Kier alpha value is -1.95. The van der Waals surface area contributed by atoms with Gasteiger partial charge >= 0.3 is 5.97 Å². The fourth-order valence-corrected chi connectivity index (χ4v) is 1.93. The fraction of sp³-hybridized carbons (Fsp3) is 0. The molecule has 0 aliphatic carbocycles. The van der Waals surface area contributed by atoms with Crippen LogP contribution in [0.3, 0.4) is 0 Å². The highest BCUT2D eigenvalue weighted by molar-refractivity contribution is 7.99. The average Bonchev–Trinajstić information content (AvgIpc) is 2.31. The Morgan fingerprint density at radius 2 is 2.19 bits per heavy atom. The summed E-state index contributed by atoms with van der Waals surface area (Å²) >= 11 is 1.23. The van der Waals surface area contributed by atoms with Gasteiger partial charge in [-0.05, 0) is 18.2 Å². The molecule has 0 atom stereocenters. The minimum absolute atomic E-state index is 0.214. The number of carbonyl (C=O) groups is 1. The number of aromatic carboxylic acids is 1. The molecule has 0 aliphatic heterocycles. The Bertz CT molecular complexity index is 504. The van der Waals surface area contributed by atoms with Gasteiger partial charge < -0.3 is 5.11 Å². The molecule has 0 unspecified atom stereocenters. The van der Waals surface area contributed by atoms with Crippen molar-refractivity contribution in [3.8, 4) is 0 Å². The van der Waals surface area contributed by atoms with Gasteiger partial charge in [0.1, 0.15) is 5.03 Å². The van der Waals surface area contributed by atoms with E-state index in [9.17, 15) is 4.79 Å². The van der Waals surface area contributed by atoms with Crippen molar-refractivity contribution in [2.24, 2.45) is 0 Å². The zero-order valence-electron chi connectivity index (χ0n) is 8.07. The van der Waals surface area contributed by atoms with E-state index in [1.54, 1.807) is 18.3 Å². The molecule has 0 amide bonds. The molecule has 0 bridgehead atoms. The van der Waals surface area contributed by atoms with Crippen LogP contribution in [0, 0.1) is 0 Å². The molecule has 5 nitrogen and oxygen atoms in total. The number of carboxylic acids is 1. The average molecular weight is 233 g/mol. The Kier molecular flexibility index (Phi) is 3.11. The van der Waals surface area contributed by atoms with Crippen LogP contribution in [-0.4, -0.2) is 26.3 Å². The highest BCUT2D eigenvalue weighted by Crippen LogP contribution is 2.27. The van der Waals surface area contributed by atoms with E-state index in [2.05, 4.69) is 15.2 Å². The van der Waals surface area contributed by atoms with Crippen molar-refractivity contribution in [1.82, 2.24) is 15.2 Å². The van der Waals surface area contributed by atoms with Gasteiger partial charge in [-0.15, -0.1) is 5.10 Å². The predicted molar refractivity (Wildman–Crippen MR) is 57.4 cm³/mol. The van der Waals surface area contributed by atoms with Crippen LogP contribution in [0.2, 0.25) is 0 Å². The number of aromatic nitrogens is 3. The number of nitrogens with zero attached hydrogens (tertiary/aromatic N) is 3. The lowest BCUT2D eigenvalue weighted by Gasteiger charge is -2.02. The first-order valence-corrected chi connectivity index (χ1v) is 5.22. The lowest BCUT2D eigenvalue weighted by atomic mass is 10.3. The van der Waals surface area contributed by atoms with Gasteiger partial charge in [-0.25, -0.2) is 4.79 Å². The van der Waals surface area contributed by atoms with Gasteiger partial charge in [0, 0.05) is 23.5 Å². The quantitative estimate of drug-likeness (QED) is 0.869. The second kappa shape index (κ2) is 4.71. The summed E-state index contributed by atoms with van der Waals surface area (Å²) in [4.78, 5) is 15.4. The molecule has 1 N–H and O–H groups in total. The number of carboxylic acid groups (broad SMARTS) is 1. The van der Waals surface area contributed by atoms with Crippen LogP contribution in [0.4, 0.5) is 0 Å². The van der Waals surface area contributed by atoms with Crippen LogP contribution in [-0.2, 0) is 0 Å². The SMILES string of the molecule is O=C(O)c1ccncc1Sc1cccnn1. The molecule has 0 radical (unpaired) electrons. The Balaban J connectivity index is 2.31. The lowest BCUT2D eigenvalue weighted by molar-refractivity contribution is 0.0693. The molecule has 2 rings (SSSR count). The maximum atomic E-state index is 10.9. The van der Waals surface area contributed by atoms with Gasteiger partial charge in [0.15, 0.2) is 0 Å². The van der Waals surface area contributed by atoms with Gasteiger partial charge in [0.2, 0.25) is 0 Å². The maximum absolute atomic E-state index is 10.9. The smallest absolute Gasteiger partial charge is 0.336 e. The molecule has 6 heteroatoms. The molecule has 0 saturated heterocycles. The highest BCUT2D eigenvalue weighted by Gasteiger charge is 2.11. The van der Waals surface area contributed by atoms with Crippen molar-refractivity contribution in [1.29, 1.82) is 0 Å². The largest absolute Gasteiger partial charge is 0.478 e. The van der Waals surface area contributed by atoms with Crippen LogP contribution in [0.15, 0.2) is 46.7 Å². The summed E-state index contributed by atoms with van der Waals surface area (Å²) in [5.74, 6) is -0.978. The number of hydrogen-bond donors (Lipinski definition) is 1. The second-order valence-electron chi connectivity index (χ2n) is 2.84. The molecule has 16 heavy (non-hydrogen) atoms. The Morgan fingerprint density at radius 1 is 1.31 bits per heavy atom.